The minimum absolute atomic E-state index is 0. The molecule has 2 N–H and O–H groups in total. The second-order valence-corrected chi connectivity index (χ2v) is 21.5. The van der Waals surface area contributed by atoms with Gasteiger partial charge in [-0.2, -0.15) is 34.1 Å². The van der Waals surface area contributed by atoms with Crippen LogP contribution in [0.5, 0.6) is 11.8 Å². The van der Waals surface area contributed by atoms with Crippen molar-refractivity contribution < 1.29 is 209 Å². The first kappa shape index (κ1) is 68.3. The molecular formula is C36H30N8Na4O20S6. The zero-order valence-corrected chi connectivity index (χ0v) is 52.1. The standard InChI is InChI=1S/C36H34N8O20S6.4Na/c1-21-33(35(45)43(41-21)26-7-11-28(12-8-26)68(51,52)18-16-60-70(56,57)58)39-37-23-3-13-29(31(19-23)65-63-61-47)30-14-4-24(20-32(30)69(53,54)55)38-40-34-22(2)42-44(36(34)46)25-5-9-27(10-6-25)67(49,50)17-15-59-66-64-62-48;;;;/h3-14,19-20,45-48H,15-18H2,1-2H3,(H,53,54,55)(H,56,57,58);;;;/q;4*+1/p-4. The maximum atomic E-state index is 12.7. The summed E-state index contributed by atoms with van der Waals surface area (Å²) in [7, 11) is -18.3. The molecular weight excluding hydrogens is 1150 g/mol. The Hall–Kier alpha value is -1.80. The number of aryl methyl sites for hydroxylation is 2. The Morgan fingerprint density at radius 1 is 0.595 bits per heavy atom. The monoisotopic (exact) mass is 1180 g/mol. The van der Waals surface area contributed by atoms with Gasteiger partial charge in [0.1, 0.15) is 10.1 Å². The molecule has 0 saturated heterocycles. The molecule has 4 aromatic carbocycles. The summed E-state index contributed by atoms with van der Waals surface area (Å²) in [6.07, 6.45) is 0. The summed E-state index contributed by atoms with van der Waals surface area (Å²) in [5.41, 5.74) is 0.00985. The molecule has 0 aliphatic carbocycles. The van der Waals surface area contributed by atoms with Gasteiger partial charge < -0.3 is 29.8 Å². The number of sulfone groups is 2. The van der Waals surface area contributed by atoms with Gasteiger partial charge in [0.05, 0.1) is 85.6 Å². The molecule has 28 nitrogen and oxygen atoms in total. The number of benzene rings is 4. The zero-order chi connectivity index (χ0) is 51.0. The van der Waals surface area contributed by atoms with Crippen LogP contribution >= 0.6 is 24.4 Å². The van der Waals surface area contributed by atoms with Crippen LogP contribution in [-0.2, 0) is 67.3 Å². The van der Waals surface area contributed by atoms with Crippen molar-refractivity contribution in [3.8, 4) is 34.3 Å². The predicted octanol–water partition coefficient (Wildman–Crippen LogP) is -8.44. The van der Waals surface area contributed by atoms with E-state index in [1.54, 1.807) is 0 Å². The third-order valence-corrected chi connectivity index (χ3v) is 14.9. The predicted molar refractivity (Wildman–Crippen MR) is 232 cm³/mol. The van der Waals surface area contributed by atoms with E-state index in [4.69, 9.17) is 4.18 Å². The van der Waals surface area contributed by atoms with Crippen LogP contribution < -0.4 is 129 Å². The van der Waals surface area contributed by atoms with Crippen LogP contribution in [0.25, 0.3) is 22.5 Å². The molecule has 0 atom stereocenters. The van der Waals surface area contributed by atoms with Gasteiger partial charge in [-0.15, -0.1) is 14.6 Å². The number of hydrogen-bond donors (Lipinski definition) is 2. The molecule has 0 spiro atoms. The van der Waals surface area contributed by atoms with E-state index >= 15 is 0 Å². The van der Waals surface area contributed by atoms with Crippen molar-refractivity contribution in [2.75, 3.05) is 24.7 Å². The van der Waals surface area contributed by atoms with Crippen LogP contribution in [0.1, 0.15) is 11.4 Å². The van der Waals surface area contributed by atoms with Gasteiger partial charge in [-0.1, -0.05) is 12.1 Å². The number of nitrogens with zero attached hydrogens (tertiary/aromatic N) is 8. The smallest absolute Gasteiger partial charge is 0.744 e. The third-order valence-electron chi connectivity index (χ3n) is 9.18. The van der Waals surface area contributed by atoms with Crippen LogP contribution in [-0.4, -0.2) is 97.3 Å². The maximum absolute atomic E-state index is 12.7. The van der Waals surface area contributed by atoms with E-state index < -0.39 is 75.0 Å². The van der Waals surface area contributed by atoms with Gasteiger partial charge in [-0.05, 0) is 92.2 Å². The Morgan fingerprint density at radius 2 is 1.04 bits per heavy atom. The number of azo groups is 2. The zero-order valence-electron chi connectivity index (χ0n) is 39.2. The third kappa shape index (κ3) is 18.1. The molecule has 0 amide bonds. The van der Waals surface area contributed by atoms with E-state index in [1.807, 2.05) is 0 Å². The molecule has 0 fully saturated rings. The number of aromatic nitrogens is 4. The first-order valence-corrected chi connectivity index (χ1v) is 26.3. The van der Waals surface area contributed by atoms with Gasteiger partial charge in [0.25, 0.3) is 0 Å². The molecule has 0 saturated carbocycles. The largest absolute Gasteiger partial charge is 1.00 e. The Morgan fingerprint density at radius 3 is 1.49 bits per heavy atom. The fourth-order valence-corrected chi connectivity index (χ4v) is 10.2. The van der Waals surface area contributed by atoms with Crippen molar-refractivity contribution in [2.24, 2.45) is 20.5 Å². The molecule has 2 aromatic heterocycles. The second kappa shape index (κ2) is 30.0. The molecule has 38 heteroatoms. The summed E-state index contributed by atoms with van der Waals surface area (Å²) in [5, 5.41) is 73.8. The van der Waals surface area contributed by atoms with Crippen LogP contribution in [0.3, 0.4) is 0 Å². The Labute approximate surface area is 518 Å². The van der Waals surface area contributed by atoms with Gasteiger partial charge in [-0.25, -0.2) is 33.7 Å². The number of rotatable bonds is 23. The van der Waals surface area contributed by atoms with E-state index in [0.717, 1.165) is 27.6 Å². The van der Waals surface area contributed by atoms with Gasteiger partial charge >= 0.3 is 118 Å². The van der Waals surface area contributed by atoms with Gasteiger partial charge in [0.15, 0.2) is 43.4 Å². The summed E-state index contributed by atoms with van der Waals surface area (Å²) in [4.78, 5) is -1.18. The molecule has 74 heavy (non-hydrogen) atoms. The molecule has 0 bridgehead atoms. The summed E-state index contributed by atoms with van der Waals surface area (Å²) >= 11 is 0.471. The fourth-order valence-electron chi connectivity index (χ4n) is 6.02. The van der Waals surface area contributed by atoms with Crippen molar-refractivity contribution in [1.82, 2.24) is 19.6 Å². The molecule has 0 radical (unpaired) electrons. The molecule has 374 valence electrons. The molecule has 0 unspecified atom stereocenters. The topological polar surface area (TPSA) is 410 Å². The normalized spacial score (nSPS) is 12.0. The van der Waals surface area contributed by atoms with Crippen molar-refractivity contribution >= 4 is 87.3 Å². The molecule has 6 aromatic rings. The molecule has 0 aliphatic heterocycles. The van der Waals surface area contributed by atoms with E-state index in [9.17, 15) is 63.5 Å². The Bertz CT molecular complexity index is 3410. The van der Waals surface area contributed by atoms with Crippen LogP contribution in [0.4, 0.5) is 22.7 Å². The van der Waals surface area contributed by atoms with Crippen LogP contribution in [0.15, 0.2) is 125 Å². The molecule has 0 aliphatic rings. The number of hydrogen-bond acceptors (Lipinski definition) is 28. The quantitative estimate of drug-likeness (QED) is 0.00879. The summed E-state index contributed by atoms with van der Waals surface area (Å²) < 4.78 is 140. The van der Waals surface area contributed by atoms with E-state index in [2.05, 4.69) is 53.6 Å². The first-order chi connectivity index (χ1) is 33.0. The Balaban J connectivity index is 0.00000469. The van der Waals surface area contributed by atoms with Gasteiger partial charge in [0.2, 0.25) is 22.2 Å². The summed E-state index contributed by atoms with van der Waals surface area (Å²) in [5.74, 6) is -2.37. The van der Waals surface area contributed by atoms with Crippen molar-refractivity contribution in [3.63, 3.8) is 0 Å². The molecule has 6 rings (SSSR count). The van der Waals surface area contributed by atoms with Gasteiger partial charge in [0, 0.05) is 10.5 Å². The average Bonchev–Trinajstić information content (AvgIpc) is 3.76. The van der Waals surface area contributed by atoms with E-state index in [1.165, 1.54) is 80.6 Å². The molecule has 2 heterocycles. The Kier molecular flexibility index (Phi) is 27.7. The summed E-state index contributed by atoms with van der Waals surface area (Å²) in [6, 6.07) is 17.3. The second-order valence-electron chi connectivity index (χ2n) is 13.7. The average molecular weight is 1180 g/mol. The van der Waals surface area contributed by atoms with E-state index in [-0.39, 0.29) is 208 Å². The van der Waals surface area contributed by atoms with Crippen molar-refractivity contribution in [2.45, 2.75) is 33.4 Å². The number of aromatic hydroxyl groups is 2. The maximum Gasteiger partial charge on any atom is 1.00 e. The fraction of sp³-hybridized carbons (Fsp3) is 0.167. The minimum Gasteiger partial charge on any atom is -0.744 e. The summed E-state index contributed by atoms with van der Waals surface area (Å²) in [6.45, 7) is 1.69. The van der Waals surface area contributed by atoms with E-state index in [0.29, 0.717) is 12.0 Å². The van der Waals surface area contributed by atoms with Crippen LogP contribution in [0, 0.1) is 13.8 Å². The van der Waals surface area contributed by atoms with Crippen molar-refractivity contribution in [1.29, 1.82) is 0 Å². The first-order valence-electron chi connectivity index (χ1n) is 18.8. The SMILES string of the molecule is Cc1nn(-c2ccc(S(=O)(=O)CCOS(=O)(=O)[O-])cc2)c(O)c1N=Nc1ccc(-c2ccc(N=Nc3c(C)nn(-c4ccc(S(=O)(=O)CCOSOO[O-])cc4)c3O)cc2S(=O)(=O)[O-])c(SOO[O-])c1.[Na+].[Na+].[Na+].[Na+]. The van der Waals surface area contributed by atoms with Crippen LogP contribution in [0.2, 0.25) is 0 Å². The minimum atomic E-state index is -5.28. The van der Waals surface area contributed by atoms with Crippen molar-refractivity contribution in [3.05, 3.63) is 96.3 Å². The van der Waals surface area contributed by atoms with Gasteiger partial charge in [-0.3, -0.25) is 18.4 Å².